The molecular formula is C60H66N12O6. The van der Waals surface area contributed by atoms with E-state index in [1.54, 1.807) is 0 Å². The second kappa shape index (κ2) is 27.1. The molecule has 0 aliphatic rings. The summed E-state index contributed by atoms with van der Waals surface area (Å²) in [5, 5.41) is 34.3. The van der Waals surface area contributed by atoms with E-state index in [1.165, 1.54) is 0 Å². The molecule has 0 bridgehead atoms. The first-order valence-electron chi connectivity index (χ1n) is 26.0. The molecule has 0 fully saturated rings. The van der Waals surface area contributed by atoms with Crippen LogP contribution in [0.4, 0.5) is 62.9 Å². The zero-order valence-electron chi connectivity index (χ0n) is 44.5. The molecule has 18 heteroatoms. The number of amides is 12. The van der Waals surface area contributed by atoms with Gasteiger partial charge in [0.15, 0.2) is 0 Å². The van der Waals surface area contributed by atoms with Gasteiger partial charge in [0.2, 0.25) is 0 Å². The SMILES string of the molecule is CCNC(=O)Nc1ccc(-c2c(-c3ccc(NC(=O)NCC)cc3)c(-c3ccc(NC(=O)NCC)cc3)c(-c3ccc(NC(=O)NCC)cc3)c(-c3ccc(NC(=O)NCC)cc3)c2-c2ccc(NC(=O)NCC)cc2)cc1. The molecule has 402 valence electrons. The minimum absolute atomic E-state index is 0.356. The molecule has 0 aliphatic carbocycles. The van der Waals surface area contributed by atoms with Crippen molar-refractivity contribution in [2.75, 3.05) is 71.2 Å². The fourth-order valence-corrected chi connectivity index (χ4v) is 8.82. The van der Waals surface area contributed by atoms with Crippen molar-refractivity contribution in [3.63, 3.8) is 0 Å². The van der Waals surface area contributed by atoms with E-state index in [1.807, 2.05) is 187 Å². The molecule has 0 atom stereocenters. The van der Waals surface area contributed by atoms with E-state index in [4.69, 9.17) is 0 Å². The van der Waals surface area contributed by atoms with Crippen molar-refractivity contribution in [2.45, 2.75) is 41.5 Å². The van der Waals surface area contributed by atoms with Crippen LogP contribution in [0, 0.1) is 0 Å². The van der Waals surface area contributed by atoms with Gasteiger partial charge >= 0.3 is 36.2 Å². The smallest absolute Gasteiger partial charge is 0.319 e. The molecule has 0 aliphatic heterocycles. The van der Waals surface area contributed by atoms with E-state index in [2.05, 4.69) is 63.8 Å². The van der Waals surface area contributed by atoms with Gasteiger partial charge < -0.3 is 63.8 Å². The van der Waals surface area contributed by atoms with Crippen molar-refractivity contribution in [1.29, 1.82) is 0 Å². The Bertz CT molecular complexity index is 2640. The van der Waals surface area contributed by atoms with Crippen molar-refractivity contribution >= 4 is 70.3 Å². The van der Waals surface area contributed by atoms with E-state index >= 15 is 0 Å². The molecule has 0 aromatic heterocycles. The summed E-state index contributed by atoms with van der Waals surface area (Å²) in [5.74, 6) is 0. The molecule has 12 amide bonds. The number of carbonyl (C=O) groups is 6. The molecule has 18 nitrogen and oxygen atoms in total. The van der Waals surface area contributed by atoms with Gasteiger partial charge in [-0.1, -0.05) is 72.8 Å². The van der Waals surface area contributed by atoms with Gasteiger partial charge in [-0.3, -0.25) is 0 Å². The number of nitrogens with one attached hydrogen (secondary N) is 12. The Hall–Kier alpha value is -9.84. The zero-order valence-corrected chi connectivity index (χ0v) is 44.5. The predicted molar refractivity (Wildman–Crippen MR) is 315 cm³/mol. The lowest BCUT2D eigenvalue weighted by Crippen LogP contribution is -2.28. The third-order valence-corrected chi connectivity index (χ3v) is 12.1. The van der Waals surface area contributed by atoms with E-state index in [0.717, 1.165) is 66.8 Å². The molecule has 0 spiro atoms. The maximum Gasteiger partial charge on any atom is 0.319 e. The predicted octanol–water partition coefficient (Wildman–Crippen LogP) is 12.5. The lowest BCUT2D eigenvalue weighted by molar-refractivity contribution is 0.251. The quantitative estimate of drug-likeness (QED) is 0.0398. The molecule has 7 rings (SSSR count). The normalized spacial score (nSPS) is 10.5. The van der Waals surface area contributed by atoms with Crippen molar-refractivity contribution in [3.8, 4) is 66.8 Å². The van der Waals surface area contributed by atoms with Crippen molar-refractivity contribution in [1.82, 2.24) is 31.9 Å². The van der Waals surface area contributed by atoms with Gasteiger partial charge in [-0.2, -0.15) is 0 Å². The Labute approximate surface area is 454 Å². The molecule has 7 aromatic rings. The van der Waals surface area contributed by atoms with Crippen LogP contribution in [0.1, 0.15) is 41.5 Å². The second-order valence-electron chi connectivity index (χ2n) is 17.6. The van der Waals surface area contributed by atoms with E-state index in [-0.39, 0.29) is 36.2 Å². The van der Waals surface area contributed by atoms with Crippen LogP contribution >= 0.6 is 0 Å². The van der Waals surface area contributed by atoms with Gasteiger partial charge in [0.1, 0.15) is 0 Å². The van der Waals surface area contributed by atoms with Crippen LogP contribution in [-0.2, 0) is 0 Å². The third kappa shape index (κ3) is 14.3. The van der Waals surface area contributed by atoms with Gasteiger partial charge in [-0.05, 0) is 181 Å². The van der Waals surface area contributed by atoms with E-state index in [9.17, 15) is 28.8 Å². The maximum atomic E-state index is 12.9. The Balaban J connectivity index is 1.68. The average molecular weight is 1050 g/mol. The molecule has 0 unspecified atom stereocenters. The van der Waals surface area contributed by atoms with Gasteiger partial charge in [0.05, 0.1) is 0 Å². The van der Waals surface area contributed by atoms with Gasteiger partial charge in [0, 0.05) is 73.4 Å². The first-order valence-corrected chi connectivity index (χ1v) is 26.0. The van der Waals surface area contributed by atoms with Gasteiger partial charge in [-0.25, -0.2) is 28.8 Å². The minimum atomic E-state index is -0.356. The van der Waals surface area contributed by atoms with Crippen LogP contribution in [0.2, 0.25) is 0 Å². The highest BCUT2D eigenvalue weighted by Crippen LogP contribution is 2.56. The van der Waals surface area contributed by atoms with Crippen LogP contribution in [0.5, 0.6) is 0 Å². The Kier molecular flexibility index (Phi) is 19.4. The second-order valence-corrected chi connectivity index (χ2v) is 17.6. The number of benzene rings is 7. The summed E-state index contributed by atoms with van der Waals surface area (Å²) >= 11 is 0. The topological polar surface area (TPSA) is 247 Å². The fraction of sp³-hybridized carbons (Fsp3) is 0.200. The van der Waals surface area contributed by atoms with Crippen LogP contribution in [0.15, 0.2) is 146 Å². The van der Waals surface area contributed by atoms with Crippen LogP contribution in [0.3, 0.4) is 0 Å². The van der Waals surface area contributed by atoms with E-state index < -0.39 is 0 Å². The maximum absolute atomic E-state index is 12.9. The van der Waals surface area contributed by atoms with Crippen LogP contribution in [-0.4, -0.2) is 75.5 Å². The fourth-order valence-electron chi connectivity index (χ4n) is 8.82. The molecule has 12 N–H and O–H groups in total. The Morgan fingerprint density at radius 3 is 0.436 bits per heavy atom. The third-order valence-electron chi connectivity index (χ3n) is 12.1. The zero-order chi connectivity index (χ0) is 55.6. The number of hydrogen-bond acceptors (Lipinski definition) is 6. The van der Waals surface area contributed by atoms with Crippen LogP contribution < -0.4 is 63.8 Å². The minimum Gasteiger partial charge on any atom is -0.338 e. The summed E-state index contributed by atoms with van der Waals surface area (Å²) < 4.78 is 0. The molecule has 0 heterocycles. The standard InChI is InChI=1S/C60H66N12O6/c1-7-61-55(73)67-43-25-13-37(14-26-43)49-50(38-15-27-44(28-16-38)68-56(74)62-8-2)52(40-19-31-46(32-20-40)70-58(76)64-10-4)54(42-23-35-48(36-24-42)72-60(78)66-12-6)53(41-21-33-47(34-22-41)71-59(77)65-11-5)51(49)39-17-29-45(30-18-39)69-57(75)63-9-3/h13-36H,7-12H2,1-6H3,(H2,61,67,73)(H2,62,68,74)(H2,63,69,75)(H2,64,70,76)(H2,65,71,77)(H2,66,72,78). The monoisotopic (exact) mass is 1050 g/mol. The Morgan fingerprint density at radius 1 is 0.218 bits per heavy atom. The first kappa shape index (κ1) is 55.9. The molecule has 78 heavy (non-hydrogen) atoms. The highest BCUT2D eigenvalue weighted by molar-refractivity contribution is 6.16. The lowest BCUT2D eigenvalue weighted by atomic mass is 9.74. The molecule has 7 aromatic carbocycles. The summed E-state index contributed by atoms with van der Waals surface area (Å²) in [5.41, 5.74) is 12.5. The molecule has 0 saturated heterocycles. The average Bonchev–Trinajstić information content (AvgIpc) is 3.53. The van der Waals surface area contributed by atoms with Crippen molar-refractivity contribution in [3.05, 3.63) is 146 Å². The van der Waals surface area contributed by atoms with Crippen molar-refractivity contribution in [2.24, 2.45) is 0 Å². The Morgan fingerprint density at radius 2 is 0.333 bits per heavy atom. The first-order chi connectivity index (χ1) is 37.9. The molecule has 0 saturated carbocycles. The highest BCUT2D eigenvalue weighted by Gasteiger charge is 2.30. The summed E-state index contributed by atoms with van der Waals surface area (Å²) in [6.45, 7) is 13.6. The number of carbonyl (C=O) groups excluding carboxylic acids is 6. The summed E-state index contributed by atoms with van der Waals surface area (Å²) in [7, 11) is 0. The molecular weight excluding hydrogens is 985 g/mol. The summed E-state index contributed by atoms with van der Waals surface area (Å²) in [6, 6.07) is 43.4. The van der Waals surface area contributed by atoms with Gasteiger partial charge in [0.25, 0.3) is 0 Å². The number of hydrogen-bond donors (Lipinski definition) is 12. The number of anilines is 6. The van der Waals surface area contributed by atoms with E-state index in [0.29, 0.717) is 73.4 Å². The van der Waals surface area contributed by atoms with Crippen molar-refractivity contribution < 1.29 is 28.8 Å². The number of urea groups is 6. The molecule has 0 radical (unpaired) electrons. The highest BCUT2D eigenvalue weighted by atomic mass is 16.2. The largest absolute Gasteiger partial charge is 0.338 e. The van der Waals surface area contributed by atoms with Gasteiger partial charge in [-0.15, -0.1) is 0 Å². The number of rotatable bonds is 18. The summed E-state index contributed by atoms with van der Waals surface area (Å²) in [6.07, 6.45) is 0. The lowest BCUT2D eigenvalue weighted by Gasteiger charge is -2.29. The van der Waals surface area contributed by atoms with Crippen LogP contribution in [0.25, 0.3) is 66.8 Å². The summed E-state index contributed by atoms with van der Waals surface area (Å²) in [4.78, 5) is 77.1.